The molecule has 4 nitrogen and oxygen atoms in total. The highest BCUT2D eigenvalue weighted by Crippen LogP contribution is 2.24. The van der Waals surface area contributed by atoms with Crippen LogP contribution in [0.2, 0.25) is 0 Å². The summed E-state index contributed by atoms with van der Waals surface area (Å²) in [4.78, 5) is 11.5. The van der Waals surface area contributed by atoms with Crippen molar-refractivity contribution in [1.29, 1.82) is 0 Å². The lowest BCUT2D eigenvalue weighted by Gasteiger charge is -2.14. The smallest absolute Gasteiger partial charge is 0.223 e. The molecule has 1 aromatic rings. The zero-order valence-corrected chi connectivity index (χ0v) is 13.9. The van der Waals surface area contributed by atoms with E-state index in [1.165, 1.54) is 0 Å². The molecule has 5 heteroatoms. The van der Waals surface area contributed by atoms with Gasteiger partial charge in [0.15, 0.2) is 0 Å². The number of amides is 1. The SMILES string of the molecule is CC(N)Cc1cc(Br)ccc1OCCC(=O)NC(C)C. The van der Waals surface area contributed by atoms with Gasteiger partial charge in [0.2, 0.25) is 5.91 Å². The highest BCUT2D eigenvalue weighted by atomic mass is 79.9. The Morgan fingerprint density at radius 2 is 2.10 bits per heavy atom. The van der Waals surface area contributed by atoms with Crippen LogP contribution >= 0.6 is 15.9 Å². The summed E-state index contributed by atoms with van der Waals surface area (Å²) >= 11 is 3.44. The van der Waals surface area contributed by atoms with Gasteiger partial charge in [0.05, 0.1) is 13.0 Å². The van der Waals surface area contributed by atoms with E-state index in [4.69, 9.17) is 10.5 Å². The van der Waals surface area contributed by atoms with Crippen LogP contribution in [0.4, 0.5) is 0 Å². The number of benzene rings is 1. The Morgan fingerprint density at radius 1 is 1.40 bits per heavy atom. The number of hydrogen-bond acceptors (Lipinski definition) is 3. The maximum Gasteiger partial charge on any atom is 0.223 e. The van der Waals surface area contributed by atoms with E-state index < -0.39 is 0 Å². The standard InChI is InChI=1S/C15H23BrN2O2/c1-10(2)18-15(19)6-7-20-14-5-4-13(16)9-12(14)8-11(3)17/h4-5,9-11H,6-8,17H2,1-3H3,(H,18,19). The van der Waals surface area contributed by atoms with E-state index in [9.17, 15) is 4.79 Å². The highest BCUT2D eigenvalue weighted by molar-refractivity contribution is 9.10. The predicted octanol–water partition coefficient (Wildman–Crippen LogP) is 2.63. The summed E-state index contributed by atoms with van der Waals surface area (Å²) in [5, 5.41) is 2.84. The molecule has 20 heavy (non-hydrogen) atoms. The van der Waals surface area contributed by atoms with Gasteiger partial charge in [-0.2, -0.15) is 0 Å². The zero-order valence-electron chi connectivity index (χ0n) is 12.3. The molecule has 0 aliphatic rings. The summed E-state index contributed by atoms with van der Waals surface area (Å²) < 4.78 is 6.71. The van der Waals surface area contributed by atoms with Crippen molar-refractivity contribution in [2.45, 2.75) is 45.7 Å². The number of nitrogens with two attached hydrogens (primary N) is 1. The van der Waals surface area contributed by atoms with E-state index in [2.05, 4.69) is 21.2 Å². The van der Waals surface area contributed by atoms with Gasteiger partial charge in [-0.3, -0.25) is 4.79 Å². The first-order valence-corrected chi connectivity index (χ1v) is 7.64. The summed E-state index contributed by atoms with van der Waals surface area (Å²) in [6.07, 6.45) is 1.10. The molecule has 1 unspecified atom stereocenters. The molecule has 0 fully saturated rings. The summed E-state index contributed by atoms with van der Waals surface area (Å²) in [7, 11) is 0. The molecule has 0 aliphatic heterocycles. The average molecular weight is 343 g/mol. The Kier molecular flexibility index (Phi) is 7.02. The number of halogens is 1. The van der Waals surface area contributed by atoms with Gasteiger partial charge in [-0.05, 0) is 51.0 Å². The minimum Gasteiger partial charge on any atom is -0.493 e. The molecule has 112 valence electrons. The Hall–Kier alpha value is -1.07. The van der Waals surface area contributed by atoms with Crippen LogP contribution in [-0.4, -0.2) is 24.6 Å². The van der Waals surface area contributed by atoms with Crippen LogP contribution in [0.1, 0.15) is 32.8 Å². The lowest BCUT2D eigenvalue weighted by molar-refractivity contribution is -0.122. The largest absolute Gasteiger partial charge is 0.493 e. The molecule has 0 aromatic heterocycles. The third-order valence-corrected chi connectivity index (χ3v) is 3.09. The fourth-order valence-electron chi connectivity index (χ4n) is 1.84. The van der Waals surface area contributed by atoms with Gasteiger partial charge >= 0.3 is 0 Å². The minimum atomic E-state index is 0.00542. The number of hydrogen-bond donors (Lipinski definition) is 2. The van der Waals surface area contributed by atoms with Crippen molar-refractivity contribution < 1.29 is 9.53 Å². The number of nitrogens with one attached hydrogen (secondary N) is 1. The maximum atomic E-state index is 11.5. The van der Waals surface area contributed by atoms with E-state index in [-0.39, 0.29) is 18.0 Å². The topological polar surface area (TPSA) is 64.3 Å². The second kappa shape index (κ2) is 8.27. The molecule has 0 radical (unpaired) electrons. The van der Waals surface area contributed by atoms with Crippen molar-refractivity contribution in [2.24, 2.45) is 5.73 Å². The summed E-state index contributed by atoms with van der Waals surface area (Å²) in [5.41, 5.74) is 6.89. The fourth-order valence-corrected chi connectivity index (χ4v) is 2.25. The molecule has 0 saturated heterocycles. The molecule has 1 atom stereocenters. The third kappa shape index (κ3) is 6.39. The molecule has 1 aromatic carbocycles. The fraction of sp³-hybridized carbons (Fsp3) is 0.533. The third-order valence-electron chi connectivity index (χ3n) is 2.60. The molecular weight excluding hydrogens is 320 g/mol. The van der Waals surface area contributed by atoms with Crippen molar-refractivity contribution in [2.75, 3.05) is 6.61 Å². The Balaban J connectivity index is 2.56. The van der Waals surface area contributed by atoms with Crippen LogP contribution in [0.25, 0.3) is 0 Å². The minimum absolute atomic E-state index is 0.00542. The molecule has 0 aliphatic carbocycles. The normalized spacial score (nSPS) is 12.3. The van der Waals surface area contributed by atoms with Gasteiger partial charge in [0.1, 0.15) is 5.75 Å². The molecule has 1 rings (SSSR count). The second-order valence-corrected chi connectivity index (χ2v) is 6.17. The molecule has 3 N–H and O–H groups in total. The second-order valence-electron chi connectivity index (χ2n) is 5.25. The first-order chi connectivity index (χ1) is 9.38. The molecular formula is C15H23BrN2O2. The van der Waals surface area contributed by atoms with Crippen LogP contribution in [0.15, 0.2) is 22.7 Å². The maximum absolute atomic E-state index is 11.5. The van der Waals surface area contributed by atoms with Crippen LogP contribution in [0, 0.1) is 0 Å². The van der Waals surface area contributed by atoms with Gasteiger partial charge in [-0.15, -0.1) is 0 Å². The quantitative estimate of drug-likeness (QED) is 0.800. The first kappa shape index (κ1) is 17.0. The van der Waals surface area contributed by atoms with Crippen LogP contribution < -0.4 is 15.8 Å². The highest BCUT2D eigenvalue weighted by Gasteiger charge is 2.09. The van der Waals surface area contributed by atoms with Gasteiger partial charge in [0, 0.05) is 16.6 Å². The van der Waals surface area contributed by atoms with Crippen molar-refractivity contribution in [1.82, 2.24) is 5.32 Å². The summed E-state index contributed by atoms with van der Waals surface area (Å²) in [6.45, 7) is 6.20. The predicted molar refractivity (Wildman–Crippen MR) is 84.9 cm³/mol. The molecule has 1 amide bonds. The van der Waals surface area contributed by atoms with Gasteiger partial charge in [-0.1, -0.05) is 15.9 Å². The van der Waals surface area contributed by atoms with E-state index in [0.717, 1.165) is 22.2 Å². The number of carbonyl (C=O) groups is 1. The number of carbonyl (C=O) groups excluding carboxylic acids is 1. The van der Waals surface area contributed by atoms with Gasteiger partial charge < -0.3 is 15.8 Å². The summed E-state index contributed by atoms with van der Waals surface area (Å²) in [6, 6.07) is 6.06. The lowest BCUT2D eigenvalue weighted by atomic mass is 10.1. The molecule has 0 saturated carbocycles. The number of ether oxygens (including phenoxy) is 1. The van der Waals surface area contributed by atoms with E-state index in [1.54, 1.807) is 0 Å². The summed E-state index contributed by atoms with van der Waals surface area (Å²) in [5.74, 6) is 0.800. The van der Waals surface area contributed by atoms with Crippen molar-refractivity contribution in [3.05, 3.63) is 28.2 Å². The Labute approximate surface area is 129 Å². The van der Waals surface area contributed by atoms with Crippen LogP contribution in [0.3, 0.4) is 0 Å². The van der Waals surface area contributed by atoms with Gasteiger partial charge in [-0.25, -0.2) is 0 Å². The van der Waals surface area contributed by atoms with Crippen molar-refractivity contribution >= 4 is 21.8 Å². The van der Waals surface area contributed by atoms with E-state index >= 15 is 0 Å². The van der Waals surface area contributed by atoms with Crippen molar-refractivity contribution in [3.8, 4) is 5.75 Å². The Bertz CT molecular complexity index is 447. The first-order valence-electron chi connectivity index (χ1n) is 6.84. The monoisotopic (exact) mass is 342 g/mol. The zero-order chi connectivity index (χ0) is 15.1. The van der Waals surface area contributed by atoms with Crippen LogP contribution in [0.5, 0.6) is 5.75 Å². The van der Waals surface area contributed by atoms with Gasteiger partial charge in [0.25, 0.3) is 0 Å². The molecule has 0 heterocycles. The van der Waals surface area contributed by atoms with Crippen molar-refractivity contribution in [3.63, 3.8) is 0 Å². The van der Waals surface area contributed by atoms with E-state index in [1.807, 2.05) is 39.0 Å². The molecule has 0 bridgehead atoms. The Morgan fingerprint density at radius 3 is 2.70 bits per heavy atom. The number of rotatable bonds is 7. The molecule has 0 spiro atoms. The van der Waals surface area contributed by atoms with E-state index in [0.29, 0.717) is 13.0 Å². The average Bonchev–Trinajstić information content (AvgIpc) is 2.30. The lowest BCUT2D eigenvalue weighted by Crippen LogP contribution is -2.31. The van der Waals surface area contributed by atoms with Crippen LogP contribution in [-0.2, 0) is 11.2 Å².